The first-order valence-electron chi connectivity index (χ1n) is 7.61. The molecule has 4 N–H and O–H groups in total. The molecular formula is C17H27N3O2. The van der Waals surface area contributed by atoms with E-state index in [2.05, 4.69) is 31.4 Å². The maximum absolute atomic E-state index is 12.0. The van der Waals surface area contributed by atoms with Crippen molar-refractivity contribution in [2.24, 2.45) is 11.1 Å². The van der Waals surface area contributed by atoms with Crippen molar-refractivity contribution in [2.45, 2.75) is 40.2 Å². The van der Waals surface area contributed by atoms with E-state index in [0.29, 0.717) is 24.2 Å². The normalized spacial score (nSPS) is 12.6. The molecule has 5 heteroatoms. The van der Waals surface area contributed by atoms with Gasteiger partial charge in [0, 0.05) is 30.3 Å². The van der Waals surface area contributed by atoms with E-state index >= 15 is 0 Å². The highest BCUT2D eigenvalue weighted by Gasteiger charge is 2.13. The zero-order valence-corrected chi connectivity index (χ0v) is 13.9. The molecule has 0 radical (unpaired) electrons. The minimum absolute atomic E-state index is 0.0373. The Morgan fingerprint density at radius 2 is 1.50 bits per heavy atom. The molecule has 0 spiro atoms. The second kappa shape index (κ2) is 7.94. The van der Waals surface area contributed by atoms with Crippen LogP contribution < -0.4 is 16.4 Å². The molecule has 0 aliphatic rings. The van der Waals surface area contributed by atoms with Crippen LogP contribution in [0.15, 0.2) is 24.3 Å². The molecule has 5 nitrogen and oxygen atoms in total. The number of rotatable bonds is 6. The van der Waals surface area contributed by atoms with Gasteiger partial charge in [-0.3, -0.25) is 9.59 Å². The Kier molecular flexibility index (Phi) is 6.56. The van der Waals surface area contributed by atoms with Crippen LogP contribution in [-0.2, 0) is 0 Å². The average Bonchev–Trinajstić information content (AvgIpc) is 2.43. The minimum atomic E-state index is -0.151. The highest BCUT2D eigenvalue weighted by Crippen LogP contribution is 2.11. The highest BCUT2D eigenvalue weighted by atomic mass is 16.2. The zero-order chi connectivity index (χ0) is 16.8. The van der Waals surface area contributed by atoms with E-state index in [1.165, 1.54) is 0 Å². The van der Waals surface area contributed by atoms with Crippen LogP contribution in [0.25, 0.3) is 0 Å². The molecule has 22 heavy (non-hydrogen) atoms. The van der Waals surface area contributed by atoms with Crippen molar-refractivity contribution < 1.29 is 9.59 Å². The second-order valence-electron chi connectivity index (χ2n) is 6.84. The van der Waals surface area contributed by atoms with Gasteiger partial charge >= 0.3 is 0 Å². The van der Waals surface area contributed by atoms with Gasteiger partial charge in [-0.05, 0) is 43.0 Å². The maximum Gasteiger partial charge on any atom is 0.251 e. The van der Waals surface area contributed by atoms with Gasteiger partial charge in [-0.1, -0.05) is 20.8 Å². The number of carbonyl (C=O) groups excluding carboxylic acids is 2. The summed E-state index contributed by atoms with van der Waals surface area (Å²) in [5.41, 5.74) is 6.76. The van der Waals surface area contributed by atoms with Gasteiger partial charge in [0.05, 0.1) is 0 Å². The lowest BCUT2D eigenvalue weighted by Crippen LogP contribution is -2.32. The van der Waals surface area contributed by atoms with Gasteiger partial charge in [0.2, 0.25) is 0 Å². The number of amides is 2. The Bertz CT molecular complexity index is 502. The zero-order valence-electron chi connectivity index (χ0n) is 13.9. The first-order chi connectivity index (χ1) is 10.2. The third-order valence-corrected chi connectivity index (χ3v) is 3.07. The number of hydrogen-bond donors (Lipinski definition) is 3. The van der Waals surface area contributed by atoms with Crippen LogP contribution in [-0.4, -0.2) is 30.9 Å². The molecule has 0 saturated carbocycles. The van der Waals surface area contributed by atoms with Gasteiger partial charge in [0.1, 0.15) is 0 Å². The number of nitrogens with two attached hydrogens (primary N) is 1. The molecule has 1 aromatic carbocycles. The molecule has 1 unspecified atom stereocenters. The van der Waals surface area contributed by atoms with Crippen molar-refractivity contribution in [1.82, 2.24) is 10.6 Å². The van der Waals surface area contributed by atoms with Gasteiger partial charge in [-0.2, -0.15) is 0 Å². The average molecular weight is 305 g/mol. The summed E-state index contributed by atoms with van der Waals surface area (Å²) in [4.78, 5) is 23.9. The molecule has 0 saturated heterocycles. The topological polar surface area (TPSA) is 84.2 Å². The summed E-state index contributed by atoms with van der Waals surface area (Å²) >= 11 is 0. The van der Waals surface area contributed by atoms with E-state index in [4.69, 9.17) is 5.73 Å². The summed E-state index contributed by atoms with van der Waals surface area (Å²) in [6.07, 6.45) is 0.735. The van der Waals surface area contributed by atoms with Crippen LogP contribution >= 0.6 is 0 Å². The molecule has 1 aromatic rings. The number of benzene rings is 1. The van der Waals surface area contributed by atoms with Crippen LogP contribution in [0.1, 0.15) is 54.8 Å². The molecule has 0 bridgehead atoms. The number of carbonyl (C=O) groups is 2. The fourth-order valence-corrected chi connectivity index (χ4v) is 1.74. The van der Waals surface area contributed by atoms with E-state index in [-0.39, 0.29) is 23.3 Å². The molecule has 1 rings (SSSR count). The smallest absolute Gasteiger partial charge is 0.251 e. The lowest BCUT2D eigenvalue weighted by molar-refractivity contribution is 0.0932. The third-order valence-electron chi connectivity index (χ3n) is 3.07. The van der Waals surface area contributed by atoms with Crippen molar-refractivity contribution >= 4 is 11.8 Å². The van der Waals surface area contributed by atoms with Crippen LogP contribution in [0.5, 0.6) is 0 Å². The Morgan fingerprint density at radius 3 is 1.91 bits per heavy atom. The Labute approximate surface area is 132 Å². The standard InChI is InChI=1S/C17H27N3O2/c1-12(18)9-10-19-15(21)13-5-7-14(8-6-13)16(22)20-11-17(2,3)4/h5-8,12H,9-11,18H2,1-4H3,(H,19,21)(H,20,22). The molecule has 0 fully saturated rings. The minimum Gasteiger partial charge on any atom is -0.352 e. The van der Waals surface area contributed by atoms with Gasteiger partial charge in [-0.15, -0.1) is 0 Å². The van der Waals surface area contributed by atoms with Crippen molar-refractivity contribution in [1.29, 1.82) is 0 Å². The lowest BCUT2D eigenvalue weighted by atomic mass is 9.97. The Hall–Kier alpha value is -1.88. The molecule has 0 aromatic heterocycles. The van der Waals surface area contributed by atoms with Crippen molar-refractivity contribution in [2.75, 3.05) is 13.1 Å². The molecule has 0 aliphatic heterocycles. The van der Waals surface area contributed by atoms with E-state index in [9.17, 15) is 9.59 Å². The fourth-order valence-electron chi connectivity index (χ4n) is 1.74. The van der Waals surface area contributed by atoms with E-state index in [0.717, 1.165) is 6.42 Å². The van der Waals surface area contributed by atoms with Gasteiger partial charge in [0.15, 0.2) is 0 Å². The number of hydrogen-bond acceptors (Lipinski definition) is 3. The van der Waals surface area contributed by atoms with Gasteiger partial charge in [0.25, 0.3) is 11.8 Å². The van der Waals surface area contributed by atoms with Crippen LogP contribution in [0.3, 0.4) is 0 Å². The predicted molar refractivity (Wildman–Crippen MR) is 88.8 cm³/mol. The Morgan fingerprint density at radius 1 is 1.05 bits per heavy atom. The van der Waals surface area contributed by atoms with E-state index in [1.807, 2.05) is 6.92 Å². The van der Waals surface area contributed by atoms with Crippen molar-refractivity contribution in [3.63, 3.8) is 0 Å². The van der Waals surface area contributed by atoms with Crippen LogP contribution in [0, 0.1) is 5.41 Å². The second-order valence-corrected chi connectivity index (χ2v) is 6.84. The first-order valence-corrected chi connectivity index (χ1v) is 7.61. The molecule has 0 heterocycles. The molecular weight excluding hydrogens is 278 g/mol. The van der Waals surface area contributed by atoms with Gasteiger partial charge in [-0.25, -0.2) is 0 Å². The van der Waals surface area contributed by atoms with Gasteiger partial charge < -0.3 is 16.4 Å². The third kappa shape index (κ3) is 6.72. The highest BCUT2D eigenvalue weighted by molar-refractivity contribution is 5.97. The summed E-state index contributed by atoms with van der Waals surface area (Å²) < 4.78 is 0. The lowest BCUT2D eigenvalue weighted by Gasteiger charge is -2.18. The predicted octanol–water partition coefficient (Wildman–Crippen LogP) is 1.93. The van der Waals surface area contributed by atoms with E-state index in [1.54, 1.807) is 24.3 Å². The summed E-state index contributed by atoms with van der Waals surface area (Å²) in [5, 5.41) is 5.69. The monoisotopic (exact) mass is 305 g/mol. The summed E-state index contributed by atoms with van der Waals surface area (Å²) in [7, 11) is 0. The van der Waals surface area contributed by atoms with Crippen molar-refractivity contribution in [3.05, 3.63) is 35.4 Å². The SMILES string of the molecule is CC(N)CCNC(=O)c1ccc(C(=O)NCC(C)(C)C)cc1. The van der Waals surface area contributed by atoms with Crippen LogP contribution in [0.2, 0.25) is 0 Å². The summed E-state index contributed by atoms with van der Waals surface area (Å²) in [6, 6.07) is 6.71. The van der Waals surface area contributed by atoms with E-state index < -0.39 is 0 Å². The fraction of sp³-hybridized carbons (Fsp3) is 0.529. The summed E-state index contributed by atoms with van der Waals surface area (Å²) in [5.74, 6) is -0.277. The molecule has 1 atom stereocenters. The molecule has 122 valence electrons. The summed E-state index contributed by atoms with van der Waals surface area (Å²) in [6.45, 7) is 9.22. The maximum atomic E-state index is 12.0. The largest absolute Gasteiger partial charge is 0.352 e. The first kappa shape index (κ1) is 18.2. The van der Waals surface area contributed by atoms with Crippen molar-refractivity contribution in [3.8, 4) is 0 Å². The molecule has 2 amide bonds. The Balaban J connectivity index is 2.55. The quantitative estimate of drug-likeness (QED) is 0.751. The van der Waals surface area contributed by atoms with Crippen LogP contribution in [0.4, 0.5) is 0 Å². The molecule has 0 aliphatic carbocycles. The number of nitrogens with one attached hydrogen (secondary N) is 2.